The molecular weight excluding hydrogens is 503 g/mol. The van der Waals surface area contributed by atoms with Crippen molar-refractivity contribution in [3.05, 3.63) is 76.5 Å². The fourth-order valence-corrected chi connectivity index (χ4v) is 3.33. The first kappa shape index (κ1) is 25.5. The second kappa shape index (κ2) is 12.9. The molecule has 0 aliphatic carbocycles. The first-order valence-electron chi connectivity index (χ1n) is 9.00. The summed E-state index contributed by atoms with van der Waals surface area (Å²) >= 11 is 5.58. The van der Waals surface area contributed by atoms with E-state index in [1.807, 2.05) is 0 Å². The van der Waals surface area contributed by atoms with Crippen molar-refractivity contribution in [3.63, 3.8) is 0 Å². The van der Waals surface area contributed by atoms with E-state index in [4.69, 9.17) is 17.3 Å². The minimum absolute atomic E-state index is 0. The molecule has 1 radical (unpaired) electrons. The van der Waals surface area contributed by atoms with Crippen molar-refractivity contribution in [3.8, 4) is 0 Å². The molecule has 2 aromatic rings. The van der Waals surface area contributed by atoms with E-state index in [2.05, 4.69) is 54.2 Å². The normalized spacial score (nSPS) is 17.4. The van der Waals surface area contributed by atoms with Gasteiger partial charge in [-0.15, -0.1) is 0 Å². The first-order valence-corrected chi connectivity index (χ1v) is 9.38. The van der Waals surface area contributed by atoms with Gasteiger partial charge in [0.15, 0.2) is 0 Å². The third-order valence-electron chi connectivity index (χ3n) is 4.60. The molecule has 1 saturated heterocycles. The molecular formula is C21H27ClN3O2Pr-. The molecule has 3 rings (SSSR count). The molecule has 1 amide bonds. The minimum Gasteiger partial charge on any atom is -0.664 e. The quantitative estimate of drug-likeness (QED) is 0.638. The molecule has 2 aromatic carbocycles. The molecule has 0 unspecified atom stereocenters. The zero-order valence-corrected chi connectivity index (χ0v) is 20.8. The zero-order valence-electron chi connectivity index (χ0n) is 16.4. The van der Waals surface area contributed by atoms with E-state index in [9.17, 15) is 9.90 Å². The summed E-state index contributed by atoms with van der Waals surface area (Å²) in [6, 6.07) is 17.5. The van der Waals surface area contributed by atoms with Crippen molar-refractivity contribution in [2.75, 3.05) is 33.7 Å². The van der Waals surface area contributed by atoms with Crippen LogP contribution in [0.1, 0.15) is 28.4 Å². The number of halogens is 1. The molecule has 0 saturated carbocycles. The van der Waals surface area contributed by atoms with Crippen molar-refractivity contribution in [2.45, 2.75) is 18.6 Å². The Hall–Kier alpha value is -0.556. The Balaban J connectivity index is 0.000000307. The number of nitrogens with one attached hydrogen (secondary N) is 1. The number of aliphatic hydroxyl groups excluding tert-OH is 1. The maximum absolute atomic E-state index is 10.4. The molecule has 0 aromatic heterocycles. The number of amides is 1. The molecule has 1 heterocycles. The first-order chi connectivity index (χ1) is 12.9. The molecule has 0 spiro atoms. The number of benzene rings is 2. The SMILES string of the molecule is CN(C)[C@H](CN1CC[C@H](O)C1)c1ccccc1.[NH-]C(=O)c1ccccc1Cl.[Pr]. The summed E-state index contributed by atoms with van der Waals surface area (Å²) in [4.78, 5) is 15.0. The smallest absolute Gasteiger partial charge is 0.0811 e. The fourth-order valence-electron chi connectivity index (χ4n) is 3.11. The Labute approximate surface area is 205 Å². The Bertz CT molecular complexity index is 731. The minimum atomic E-state index is -0.745. The van der Waals surface area contributed by atoms with Crippen LogP contribution in [-0.2, 0) is 0 Å². The number of likely N-dealkylation sites (N-methyl/N-ethyl adjacent to an activating group) is 1. The molecule has 149 valence electrons. The van der Waals surface area contributed by atoms with Gasteiger partial charge in [-0.25, -0.2) is 0 Å². The number of carbonyl (C=O) groups is 1. The topological polar surface area (TPSA) is 67.6 Å². The van der Waals surface area contributed by atoms with Gasteiger partial charge in [-0.1, -0.05) is 60.1 Å². The summed E-state index contributed by atoms with van der Waals surface area (Å²) in [6.07, 6.45) is 0.781. The molecule has 1 aliphatic heterocycles. The average Bonchev–Trinajstić information content (AvgIpc) is 3.06. The molecule has 2 N–H and O–H groups in total. The molecule has 2 atom stereocenters. The van der Waals surface area contributed by atoms with E-state index in [1.165, 1.54) is 11.6 Å². The van der Waals surface area contributed by atoms with Gasteiger partial charge >= 0.3 is 0 Å². The van der Waals surface area contributed by atoms with Crippen LogP contribution in [0.4, 0.5) is 0 Å². The Kier molecular flexibility index (Phi) is 11.7. The zero-order chi connectivity index (χ0) is 19.8. The van der Waals surface area contributed by atoms with Crippen molar-refractivity contribution >= 4 is 17.5 Å². The van der Waals surface area contributed by atoms with Gasteiger partial charge in [0.25, 0.3) is 0 Å². The number of β-amino-alcohol motifs (C(OH)–C–C–N with tert-alkyl or cyclic N) is 1. The third-order valence-corrected chi connectivity index (χ3v) is 4.93. The van der Waals surface area contributed by atoms with Gasteiger partial charge in [-0.3, -0.25) is 4.90 Å². The summed E-state index contributed by atoms with van der Waals surface area (Å²) < 4.78 is 0. The van der Waals surface area contributed by atoms with Gasteiger partial charge in [-0.05, 0) is 32.1 Å². The van der Waals surface area contributed by atoms with E-state index in [0.29, 0.717) is 11.1 Å². The monoisotopic (exact) mass is 529 g/mol. The largest absolute Gasteiger partial charge is 0.664 e. The van der Waals surface area contributed by atoms with Crippen molar-refractivity contribution in [1.82, 2.24) is 9.80 Å². The number of nitrogens with zero attached hydrogens (tertiary/aromatic N) is 2. The number of rotatable bonds is 5. The van der Waals surface area contributed by atoms with Gasteiger partial charge in [-0.2, -0.15) is 0 Å². The van der Waals surface area contributed by atoms with Crippen LogP contribution in [0.2, 0.25) is 5.02 Å². The van der Waals surface area contributed by atoms with E-state index in [1.54, 1.807) is 18.2 Å². The van der Waals surface area contributed by atoms with Gasteiger partial charge in [0.05, 0.1) is 12.0 Å². The van der Waals surface area contributed by atoms with Crippen LogP contribution < -0.4 is 0 Å². The van der Waals surface area contributed by atoms with Crippen LogP contribution >= 0.6 is 11.6 Å². The summed E-state index contributed by atoms with van der Waals surface area (Å²) in [5, 5.41) is 9.90. The molecule has 28 heavy (non-hydrogen) atoms. The standard InChI is InChI=1S/C14H22N2O.C7H6ClNO.Pr/c1-15(2)14(12-6-4-3-5-7-12)11-16-9-8-13(17)10-16;8-6-4-2-1-3-5(6)7(9)10;/h3-7,13-14,17H,8-11H2,1-2H3;1-4H,(H2,9,10);/p-1/t13-,14+;;/m0../s1. The number of hydrogen-bond acceptors (Lipinski definition) is 4. The van der Waals surface area contributed by atoms with Crippen molar-refractivity contribution in [1.29, 1.82) is 0 Å². The maximum atomic E-state index is 10.4. The Morgan fingerprint density at radius 2 is 1.82 bits per heavy atom. The average molecular weight is 530 g/mol. The second-order valence-corrected chi connectivity index (χ2v) is 7.31. The van der Waals surface area contributed by atoms with E-state index < -0.39 is 5.91 Å². The maximum Gasteiger partial charge on any atom is 0.0811 e. The molecule has 1 aliphatic rings. The van der Waals surface area contributed by atoms with Gasteiger partial charge in [0, 0.05) is 77.6 Å². The van der Waals surface area contributed by atoms with Gasteiger partial charge in [0.1, 0.15) is 0 Å². The predicted molar refractivity (Wildman–Crippen MR) is 110 cm³/mol. The van der Waals surface area contributed by atoms with Crippen LogP contribution in [0.15, 0.2) is 54.6 Å². The summed E-state index contributed by atoms with van der Waals surface area (Å²) in [5.74, 6) is -0.745. The van der Waals surface area contributed by atoms with E-state index in [0.717, 1.165) is 26.1 Å². The van der Waals surface area contributed by atoms with Gasteiger partial charge < -0.3 is 20.5 Å². The summed E-state index contributed by atoms with van der Waals surface area (Å²) in [6.45, 7) is 2.82. The van der Waals surface area contributed by atoms with Crippen LogP contribution in [0.25, 0.3) is 5.73 Å². The molecule has 1 fully saturated rings. The van der Waals surface area contributed by atoms with Crippen LogP contribution in [0.3, 0.4) is 0 Å². The molecule has 0 bridgehead atoms. The van der Waals surface area contributed by atoms with E-state index in [-0.39, 0.29) is 53.0 Å². The third kappa shape index (κ3) is 8.05. The second-order valence-electron chi connectivity index (χ2n) is 6.90. The summed E-state index contributed by atoms with van der Waals surface area (Å²) in [7, 11) is 4.23. The van der Waals surface area contributed by atoms with Crippen LogP contribution in [0.5, 0.6) is 0 Å². The molecule has 5 nitrogen and oxygen atoms in total. The van der Waals surface area contributed by atoms with Crippen molar-refractivity contribution < 1.29 is 51.2 Å². The number of likely N-dealkylation sites (tertiary alicyclic amines) is 1. The number of aliphatic hydroxyl groups is 1. The van der Waals surface area contributed by atoms with E-state index >= 15 is 0 Å². The predicted octanol–water partition coefficient (Wildman–Crippen LogP) is 3.89. The van der Waals surface area contributed by atoms with Gasteiger partial charge in [0.2, 0.25) is 0 Å². The Morgan fingerprint density at radius 1 is 1.21 bits per heavy atom. The summed E-state index contributed by atoms with van der Waals surface area (Å²) in [5.41, 5.74) is 8.34. The van der Waals surface area contributed by atoms with Crippen LogP contribution in [-0.4, -0.2) is 60.6 Å². The number of hydrogen-bond donors (Lipinski definition) is 1. The van der Waals surface area contributed by atoms with Crippen molar-refractivity contribution in [2.24, 2.45) is 0 Å². The van der Waals surface area contributed by atoms with Crippen LogP contribution in [0, 0.1) is 41.3 Å². The molecule has 7 heteroatoms. The number of carbonyl (C=O) groups excluding carboxylic acids is 1. The Morgan fingerprint density at radius 3 is 2.29 bits per heavy atom. The fraction of sp³-hybridized carbons (Fsp3) is 0.381.